The van der Waals surface area contributed by atoms with E-state index in [2.05, 4.69) is 0 Å². The van der Waals surface area contributed by atoms with Crippen LogP contribution in [0.25, 0.3) is 0 Å². The Bertz CT molecular complexity index is 56.1. The number of rotatable bonds is 0. The molecule has 0 fully saturated rings. The monoisotopic (exact) mass is 99.9 g/mol. The van der Waals surface area contributed by atoms with Crippen LogP contribution in [-0.2, 0) is 23.1 Å². The van der Waals surface area contributed by atoms with E-state index in [1.807, 2.05) is 0 Å². The molecule has 0 unspecified atom stereocenters. The summed E-state index contributed by atoms with van der Waals surface area (Å²) in [4.78, 5) is 9.86. The van der Waals surface area contributed by atoms with Crippen molar-refractivity contribution in [2.24, 2.45) is 0 Å². The summed E-state index contributed by atoms with van der Waals surface area (Å²) >= 11 is -0.736. The molecular formula is CFeO2. The van der Waals surface area contributed by atoms with Gasteiger partial charge in [-0.05, 0) is 0 Å². The van der Waals surface area contributed by atoms with Crippen LogP contribution in [0.4, 0.5) is 0 Å². The zero-order valence-corrected chi connectivity index (χ0v) is 2.77. The summed E-state index contributed by atoms with van der Waals surface area (Å²) in [6.45, 7) is 0. The topological polar surface area (TPSA) is 34.1 Å². The molecule has 0 bridgehead atoms. The molecule has 24 valence electrons. The molecule has 4 heavy (non-hydrogen) atoms. The van der Waals surface area contributed by atoms with Crippen LogP contribution in [0.5, 0.6) is 0 Å². The molecular weight excluding hydrogens is 99.9 g/mol. The molecule has 0 aromatic carbocycles. The first kappa shape index (κ1) is 3.90. The van der Waals surface area contributed by atoms with E-state index in [1.54, 1.807) is 0 Å². The van der Waals surface area contributed by atoms with Crippen LogP contribution in [0.1, 0.15) is 0 Å². The summed E-state index contributed by atoms with van der Waals surface area (Å²) in [5.41, 5.74) is 0. The van der Waals surface area contributed by atoms with Crippen molar-refractivity contribution in [2.45, 2.75) is 0 Å². The summed E-state index contributed by atoms with van der Waals surface area (Å²) in [6.07, 6.45) is 0. The molecule has 0 spiro atoms. The van der Waals surface area contributed by atoms with E-state index in [0.29, 0.717) is 0 Å². The van der Waals surface area contributed by atoms with Gasteiger partial charge in [0.05, 0.1) is 0 Å². The quantitative estimate of drug-likeness (QED) is 0.384. The van der Waals surface area contributed by atoms with Crippen molar-refractivity contribution in [1.29, 1.82) is 0 Å². The fraction of sp³-hybridized carbons (Fsp3) is 0. The first-order chi connectivity index (χ1) is 1.91. The molecule has 0 saturated carbocycles. The second kappa shape index (κ2) is 2.90. The SMILES string of the molecule is O=[C]=[Fe]=[O]. The third-order valence-corrected chi connectivity index (χ3v) is 0.121. The normalized spacial score (nSPS) is 5.00. The Morgan fingerprint density at radius 2 is 2.00 bits per heavy atom. The maximum absolute atomic E-state index is 8.88. The van der Waals surface area contributed by atoms with Gasteiger partial charge >= 0.3 is 27.9 Å². The van der Waals surface area contributed by atoms with Gasteiger partial charge in [0, 0.05) is 0 Å². The van der Waals surface area contributed by atoms with E-state index in [4.69, 9.17) is 8.63 Å². The molecule has 0 aliphatic heterocycles. The van der Waals surface area contributed by atoms with E-state index in [0.717, 1.165) is 4.79 Å². The van der Waals surface area contributed by atoms with Crippen LogP contribution in [0.2, 0.25) is 0 Å². The summed E-state index contributed by atoms with van der Waals surface area (Å²) < 4.78 is 8.88. The molecule has 0 heterocycles. The average molecular weight is 99.9 g/mol. The average Bonchev–Trinajstić information content (AvgIpc) is 1.37. The molecule has 0 aliphatic carbocycles. The van der Waals surface area contributed by atoms with Gasteiger partial charge in [0.1, 0.15) is 0 Å². The zero-order valence-electron chi connectivity index (χ0n) is 1.67. The molecule has 3 heteroatoms. The minimum absolute atomic E-state index is 0.736. The maximum atomic E-state index is 8.88. The number of carbonyl (C=O) groups excluding carboxylic acids is 1. The molecule has 0 atom stereocenters. The molecule has 0 radical (unpaired) electrons. The molecule has 2 nitrogen and oxygen atoms in total. The molecule has 0 aromatic rings. The van der Waals surface area contributed by atoms with Crippen molar-refractivity contribution in [2.75, 3.05) is 0 Å². The van der Waals surface area contributed by atoms with E-state index < -0.39 is 14.5 Å². The molecule has 0 N–H and O–H groups in total. The van der Waals surface area contributed by atoms with Crippen molar-refractivity contribution in [3.05, 3.63) is 0 Å². The standard InChI is InChI=1S/CO.Fe.O/c1-2;;. The first-order valence-corrected chi connectivity index (χ1v) is 1.53. The van der Waals surface area contributed by atoms with Crippen LogP contribution in [0.3, 0.4) is 0 Å². The van der Waals surface area contributed by atoms with E-state index in [1.165, 1.54) is 0 Å². The van der Waals surface area contributed by atoms with E-state index >= 15 is 0 Å². The Morgan fingerprint density at radius 3 is 2.00 bits per heavy atom. The van der Waals surface area contributed by atoms with Gasteiger partial charge in [0.25, 0.3) is 0 Å². The van der Waals surface area contributed by atoms with Gasteiger partial charge in [-0.1, -0.05) is 0 Å². The van der Waals surface area contributed by atoms with Crippen LogP contribution in [0.15, 0.2) is 0 Å². The van der Waals surface area contributed by atoms with Gasteiger partial charge in [0.15, 0.2) is 0 Å². The molecule has 0 aliphatic rings. The summed E-state index contributed by atoms with van der Waals surface area (Å²) in [6, 6.07) is 0. The molecule has 0 saturated heterocycles. The molecule has 0 aromatic heterocycles. The van der Waals surface area contributed by atoms with Gasteiger partial charge in [-0.3, -0.25) is 0 Å². The minimum atomic E-state index is -0.736. The second-order valence-corrected chi connectivity index (χ2v) is 0.595. The third-order valence-electron chi connectivity index (χ3n) is 0.0295. The number of hydrogen-bond acceptors (Lipinski definition) is 2. The Balaban J connectivity index is 3.95. The predicted molar refractivity (Wildman–Crippen MR) is 6.38 cm³/mol. The van der Waals surface area contributed by atoms with Gasteiger partial charge in [-0.15, -0.1) is 0 Å². The van der Waals surface area contributed by atoms with Crippen LogP contribution < -0.4 is 0 Å². The Hall–Kier alpha value is -0.101. The fourth-order valence-electron chi connectivity index (χ4n) is 0. The Labute approximate surface area is 28.7 Å². The van der Waals surface area contributed by atoms with Crippen molar-refractivity contribution >= 4 is 4.79 Å². The van der Waals surface area contributed by atoms with Crippen molar-refractivity contribution in [3.8, 4) is 0 Å². The fourth-order valence-corrected chi connectivity index (χ4v) is 0. The number of hydrogen-bond donors (Lipinski definition) is 0. The van der Waals surface area contributed by atoms with Gasteiger partial charge in [-0.25, -0.2) is 0 Å². The van der Waals surface area contributed by atoms with Gasteiger partial charge in [-0.2, -0.15) is 0 Å². The summed E-state index contributed by atoms with van der Waals surface area (Å²) in [7, 11) is 0. The summed E-state index contributed by atoms with van der Waals surface area (Å²) in [5.74, 6) is 0. The zero-order chi connectivity index (χ0) is 3.41. The van der Waals surface area contributed by atoms with Crippen LogP contribution >= 0.6 is 0 Å². The summed E-state index contributed by atoms with van der Waals surface area (Å²) in [5, 5.41) is 0. The second-order valence-electron chi connectivity index (χ2n) is 0.144. The Morgan fingerprint density at radius 1 is 1.75 bits per heavy atom. The van der Waals surface area contributed by atoms with Crippen molar-refractivity contribution in [3.63, 3.8) is 0 Å². The van der Waals surface area contributed by atoms with Crippen LogP contribution in [-0.4, -0.2) is 4.79 Å². The molecule has 0 rings (SSSR count). The van der Waals surface area contributed by atoms with Crippen molar-refractivity contribution in [1.82, 2.24) is 0 Å². The van der Waals surface area contributed by atoms with Crippen LogP contribution in [0, 0.1) is 0 Å². The van der Waals surface area contributed by atoms with Crippen molar-refractivity contribution < 1.29 is 23.1 Å². The van der Waals surface area contributed by atoms with Gasteiger partial charge in [0.2, 0.25) is 0 Å². The van der Waals surface area contributed by atoms with Gasteiger partial charge < -0.3 is 0 Å². The van der Waals surface area contributed by atoms with E-state index in [9.17, 15) is 0 Å². The third kappa shape index (κ3) is 1.90. The molecule has 0 amide bonds. The Kier molecular flexibility index (Phi) is 2.83. The predicted octanol–water partition coefficient (Wildman–Crippen LogP) is -0.518. The van der Waals surface area contributed by atoms with E-state index in [-0.39, 0.29) is 0 Å². The first-order valence-electron chi connectivity index (χ1n) is 0.525.